The summed E-state index contributed by atoms with van der Waals surface area (Å²) in [5, 5.41) is 5.00. The van der Waals surface area contributed by atoms with Crippen LogP contribution >= 0.6 is 11.6 Å². The predicted molar refractivity (Wildman–Crippen MR) is 121 cm³/mol. The number of halogens is 1. The number of carbonyl (C=O) groups excluding carboxylic acids is 1. The van der Waals surface area contributed by atoms with Crippen LogP contribution in [0.5, 0.6) is 0 Å². The lowest BCUT2D eigenvalue weighted by Gasteiger charge is -2.07. The quantitative estimate of drug-likeness (QED) is 0.362. The van der Waals surface area contributed by atoms with Crippen molar-refractivity contribution in [2.45, 2.75) is 32.1 Å². The number of aryl methyl sites for hydroxylation is 1. The highest BCUT2D eigenvalue weighted by Crippen LogP contribution is 2.21. The van der Waals surface area contributed by atoms with Gasteiger partial charge in [-0.25, -0.2) is 17.5 Å². The van der Waals surface area contributed by atoms with Crippen molar-refractivity contribution in [1.29, 1.82) is 0 Å². The predicted octanol–water partition coefficient (Wildman–Crippen LogP) is 3.80. The van der Waals surface area contributed by atoms with Crippen LogP contribution in [0.4, 0.5) is 0 Å². The standard InChI is InChI=1S/C22H24ClN3O5S/c1-15-19(16(2)26(24-15)13-17-7-5-6-8-20(17)23)10-11-21(27)30-14-18-9-12-22(31-18)32(28,29)25(3)4/h5-12H,13-14H2,1-4H3/b11-10+. The van der Waals surface area contributed by atoms with Crippen molar-refractivity contribution in [2.24, 2.45) is 0 Å². The van der Waals surface area contributed by atoms with Crippen LogP contribution in [-0.4, -0.2) is 42.6 Å². The first kappa shape index (κ1) is 23.8. The lowest BCUT2D eigenvalue weighted by atomic mass is 10.1. The Bertz CT molecular complexity index is 1260. The third-order valence-corrected chi connectivity index (χ3v) is 6.89. The van der Waals surface area contributed by atoms with E-state index in [1.807, 2.05) is 42.8 Å². The number of hydrogen-bond acceptors (Lipinski definition) is 6. The fraction of sp³-hybridized carbons (Fsp3) is 0.273. The summed E-state index contributed by atoms with van der Waals surface area (Å²) in [5.74, 6) is -0.358. The fourth-order valence-electron chi connectivity index (χ4n) is 2.99. The molecule has 170 valence electrons. The lowest BCUT2D eigenvalue weighted by molar-refractivity contribution is -0.139. The summed E-state index contributed by atoms with van der Waals surface area (Å²) in [6.07, 6.45) is 2.95. The van der Waals surface area contributed by atoms with E-state index in [1.54, 1.807) is 6.08 Å². The number of sulfonamides is 1. The Kier molecular flexibility index (Phi) is 7.22. The third-order valence-electron chi connectivity index (χ3n) is 4.83. The Morgan fingerprint density at radius 3 is 2.62 bits per heavy atom. The molecule has 1 aromatic carbocycles. The molecule has 0 bridgehead atoms. The number of hydrogen-bond donors (Lipinski definition) is 0. The summed E-state index contributed by atoms with van der Waals surface area (Å²) >= 11 is 6.24. The zero-order valence-corrected chi connectivity index (χ0v) is 19.8. The number of rotatable bonds is 8. The van der Waals surface area contributed by atoms with Gasteiger partial charge in [-0.15, -0.1) is 0 Å². The van der Waals surface area contributed by atoms with E-state index >= 15 is 0 Å². The maximum Gasteiger partial charge on any atom is 0.331 e. The SMILES string of the molecule is Cc1nn(Cc2ccccc2Cl)c(C)c1/C=C/C(=O)OCc1ccc(S(=O)(=O)N(C)C)o1. The van der Waals surface area contributed by atoms with Crippen molar-refractivity contribution in [3.8, 4) is 0 Å². The van der Waals surface area contributed by atoms with Crippen molar-refractivity contribution in [3.05, 3.63) is 75.8 Å². The van der Waals surface area contributed by atoms with E-state index in [0.717, 1.165) is 26.8 Å². The van der Waals surface area contributed by atoms with Gasteiger partial charge in [-0.05, 0) is 43.7 Å². The number of esters is 1. The summed E-state index contributed by atoms with van der Waals surface area (Å²) in [6, 6.07) is 10.3. The van der Waals surface area contributed by atoms with Gasteiger partial charge in [-0.1, -0.05) is 29.8 Å². The highest BCUT2D eigenvalue weighted by molar-refractivity contribution is 7.88. The van der Waals surface area contributed by atoms with Crippen LogP contribution in [0, 0.1) is 13.8 Å². The second kappa shape index (κ2) is 9.72. The Morgan fingerprint density at radius 2 is 1.94 bits per heavy atom. The molecule has 0 amide bonds. The fourth-order valence-corrected chi connectivity index (χ4v) is 4.00. The van der Waals surface area contributed by atoms with E-state index in [2.05, 4.69) is 5.10 Å². The van der Waals surface area contributed by atoms with Gasteiger partial charge < -0.3 is 9.15 Å². The largest absolute Gasteiger partial charge is 0.454 e. The van der Waals surface area contributed by atoms with E-state index in [1.165, 1.54) is 32.3 Å². The van der Waals surface area contributed by atoms with Crippen LogP contribution in [0.3, 0.4) is 0 Å². The van der Waals surface area contributed by atoms with Crippen LogP contribution in [-0.2, 0) is 32.7 Å². The van der Waals surface area contributed by atoms with Gasteiger partial charge in [0.1, 0.15) is 12.4 Å². The number of aromatic nitrogens is 2. The third kappa shape index (κ3) is 5.29. The molecule has 0 spiro atoms. The molecule has 2 heterocycles. The summed E-state index contributed by atoms with van der Waals surface area (Å²) in [4.78, 5) is 12.1. The molecular formula is C22H24ClN3O5S. The molecule has 0 aliphatic carbocycles. The summed E-state index contributed by atoms with van der Waals surface area (Å²) in [6.45, 7) is 4.10. The Labute approximate surface area is 192 Å². The van der Waals surface area contributed by atoms with Gasteiger partial charge >= 0.3 is 5.97 Å². The first-order chi connectivity index (χ1) is 15.1. The summed E-state index contributed by atoms with van der Waals surface area (Å²) in [5.41, 5.74) is 3.41. The molecule has 0 radical (unpaired) electrons. The van der Waals surface area contributed by atoms with E-state index in [4.69, 9.17) is 20.8 Å². The number of benzene rings is 1. The van der Waals surface area contributed by atoms with E-state index in [-0.39, 0.29) is 17.5 Å². The Hall–Kier alpha value is -2.88. The molecular weight excluding hydrogens is 454 g/mol. The topological polar surface area (TPSA) is 94.6 Å². The van der Waals surface area contributed by atoms with Gasteiger partial charge in [-0.3, -0.25) is 4.68 Å². The van der Waals surface area contributed by atoms with Gasteiger partial charge in [0, 0.05) is 36.5 Å². The molecule has 0 aliphatic rings. The summed E-state index contributed by atoms with van der Waals surface area (Å²) < 4.78 is 37.4. The van der Waals surface area contributed by atoms with E-state index in [0.29, 0.717) is 11.6 Å². The first-order valence-corrected chi connectivity index (χ1v) is 11.5. The molecule has 3 rings (SSSR count). The molecule has 0 atom stereocenters. The van der Waals surface area contributed by atoms with Gasteiger partial charge in [0.2, 0.25) is 5.09 Å². The number of nitrogens with zero attached hydrogens (tertiary/aromatic N) is 3. The second-order valence-electron chi connectivity index (χ2n) is 7.28. The molecule has 8 nitrogen and oxygen atoms in total. The molecule has 0 aliphatic heterocycles. The summed E-state index contributed by atoms with van der Waals surface area (Å²) in [7, 11) is -0.868. The monoisotopic (exact) mass is 477 g/mol. The maximum absolute atomic E-state index is 12.1. The van der Waals surface area contributed by atoms with Crippen molar-refractivity contribution >= 4 is 33.7 Å². The lowest BCUT2D eigenvalue weighted by Crippen LogP contribution is -2.21. The maximum atomic E-state index is 12.1. The minimum atomic E-state index is -3.68. The van der Waals surface area contributed by atoms with Crippen molar-refractivity contribution in [2.75, 3.05) is 14.1 Å². The molecule has 0 saturated carbocycles. The zero-order valence-electron chi connectivity index (χ0n) is 18.2. The zero-order chi connectivity index (χ0) is 23.5. The van der Waals surface area contributed by atoms with Crippen molar-refractivity contribution in [3.63, 3.8) is 0 Å². The molecule has 32 heavy (non-hydrogen) atoms. The normalized spacial score (nSPS) is 12.1. The van der Waals surface area contributed by atoms with E-state index < -0.39 is 16.0 Å². The molecule has 3 aromatic rings. The van der Waals surface area contributed by atoms with Crippen LogP contribution in [0.1, 0.15) is 28.3 Å². The Morgan fingerprint density at radius 1 is 1.22 bits per heavy atom. The molecule has 0 saturated heterocycles. The first-order valence-electron chi connectivity index (χ1n) is 9.73. The molecule has 0 unspecified atom stereocenters. The molecule has 10 heteroatoms. The van der Waals surface area contributed by atoms with Gasteiger partial charge in [-0.2, -0.15) is 5.10 Å². The van der Waals surface area contributed by atoms with Crippen LogP contribution < -0.4 is 0 Å². The Balaban J connectivity index is 1.64. The smallest absolute Gasteiger partial charge is 0.331 e. The highest BCUT2D eigenvalue weighted by Gasteiger charge is 2.21. The minimum Gasteiger partial charge on any atom is -0.454 e. The van der Waals surface area contributed by atoms with Gasteiger partial charge in [0.05, 0.1) is 12.2 Å². The number of ether oxygens (including phenoxy) is 1. The van der Waals surface area contributed by atoms with Gasteiger partial charge in [0.25, 0.3) is 10.0 Å². The highest BCUT2D eigenvalue weighted by atomic mass is 35.5. The van der Waals surface area contributed by atoms with Crippen LogP contribution in [0.2, 0.25) is 5.02 Å². The van der Waals surface area contributed by atoms with Gasteiger partial charge in [0.15, 0.2) is 0 Å². The molecule has 0 N–H and O–H groups in total. The van der Waals surface area contributed by atoms with Crippen LogP contribution in [0.25, 0.3) is 6.08 Å². The average Bonchev–Trinajstić information content (AvgIpc) is 3.32. The minimum absolute atomic E-state index is 0.185. The average molecular weight is 478 g/mol. The van der Waals surface area contributed by atoms with E-state index in [9.17, 15) is 13.2 Å². The second-order valence-corrected chi connectivity index (χ2v) is 9.77. The van der Waals surface area contributed by atoms with Crippen molar-refractivity contribution in [1.82, 2.24) is 14.1 Å². The van der Waals surface area contributed by atoms with Crippen LogP contribution in [0.15, 0.2) is 52.0 Å². The van der Waals surface area contributed by atoms with Crippen molar-refractivity contribution < 1.29 is 22.4 Å². The molecule has 0 fully saturated rings. The molecule has 2 aromatic heterocycles. The number of carbonyl (C=O) groups is 1. The number of furan rings is 1.